The molecular weight excluding hydrogens is 126 g/mol. The van der Waals surface area contributed by atoms with Gasteiger partial charge in [-0.25, -0.2) is 0 Å². The molecule has 0 bridgehead atoms. The molecule has 0 aliphatic heterocycles. The molecule has 0 saturated carbocycles. The van der Waals surface area contributed by atoms with Gasteiger partial charge in [-0.15, -0.1) is 0 Å². The molecule has 0 aromatic heterocycles. The highest BCUT2D eigenvalue weighted by Gasteiger charge is 2.14. The van der Waals surface area contributed by atoms with Crippen LogP contribution in [0.3, 0.4) is 0 Å². The third kappa shape index (κ3) is 2.67. The monoisotopic (exact) mass is 145 g/mol. The first-order valence-electron chi connectivity index (χ1n) is 4.10. The van der Waals surface area contributed by atoms with Crippen LogP contribution in [-0.4, -0.2) is 22.4 Å². The summed E-state index contributed by atoms with van der Waals surface area (Å²) in [6, 6.07) is 0.574. The van der Waals surface area contributed by atoms with Crippen LogP contribution in [0.25, 0.3) is 0 Å². The average Bonchev–Trinajstić information content (AvgIpc) is 1.90. The summed E-state index contributed by atoms with van der Waals surface area (Å²) in [6.45, 7) is 8.19. The van der Waals surface area contributed by atoms with E-state index < -0.39 is 0 Å². The third-order valence-electron chi connectivity index (χ3n) is 1.85. The van der Waals surface area contributed by atoms with Crippen LogP contribution in [0.4, 0.5) is 0 Å². The Labute approximate surface area is 63.8 Å². The lowest BCUT2D eigenvalue weighted by Crippen LogP contribution is -2.36. The van der Waals surface area contributed by atoms with E-state index >= 15 is 0 Å². The molecule has 0 saturated heterocycles. The lowest BCUT2D eigenvalue weighted by Gasteiger charge is -2.27. The normalized spacial score (nSPS) is 12.0. The van der Waals surface area contributed by atoms with Gasteiger partial charge in [0.05, 0.1) is 0 Å². The van der Waals surface area contributed by atoms with E-state index in [0.29, 0.717) is 6.04 Å². The number of nitrogens with zero attached hydrogens (tertiary/aromatic N) is 1. The van der Waals surface area contributed by atoms with E-state index in [1.54, 1.807) is 0 Å². The van der Waals surface area contributed by atoms with Gasteiger partial charge in [-0.2, -0.15) is 5.06 Å². The first kappa shape index (κ1) is 9.92. The number of hydrogen-bond acceptors (Lipinski definition) is 2. The molecule has 1 N–H and O–H groups in total. The third-order valence-corrected chi connectivity index (χ3v) is 1.85. The van der Waals surface area contributed by atoms with E-state index in [4.69, 9.17) is 0 Å². The summed E-state index contributed by atoms with van der Waals surface area (Å²) in [4.78, 5) is 0. The Morgan fingerprint density at radius 3 is 1.70 bits per heavy atom. The molecule has 0 spiro atoms. The fourth-order valence-electron chi connectivity index (χ4n) is 1.08. The SMILES string of the molecule is CCC(CC)N(O)C(C)C. The zero-order valence-corrected chi connectivity index (χ0v) is 7.46. The van der Waals surface area contributed by atoms with E-state index in [0.717, 1.165) is 12.8 Å². The van der Waals surface area contributed by atoms with E-state index in [-0.39, 0.29) is 6.04 Å². The molecular formula is C8H19NO. The molecule has 0 atom stereocenters. The topological polar surface area (TPSA) is 23.5 Å². The number of hydrogen-bond donors (Lipinski definition) is 1. The molecule has 2 nitrogen and oxygen atoms in total. The van der Waals surface area contributed by atoms with Gasteiger partial charge in [-0.05, 0) is 26.7 Å². The predicted octanol–water partition coefficient (Wildman–Crippen LogP) is 2.27. The van der Waals surface area contributed by atoms with Crippen molar-refractivity contribution in [3.05, 3.63) is 0 Å². The number of hydroxylamine groups is 2. The minimum atomic E-state index is 0.241. The fourth-order valence-corrected chi connectivity index (χ4v) is 1.08. The molecule has 10 heavy (non-hydrogen) atoms. The molecule has 0 rings (SSSR count). The van der Waals surface area contributed by atoms with Crippen molar-refractivity contribution in [3.63, 3.8) is 0 Å². The average molecular weight is 145 g/mol. The van der Waals surface area contributed by atoms with Gasteiger partial charge >= 0.3 is 0 Å². The Morgan fingerprint density at radius 1 is 1.20 bits per heavy atom. The van der Waals surface area contributed by atoms with Crippen molar-refractivity contribution in [3.8, 4) is 0 Å². The van der Waals surface area contributed by atoms with Gasteiger partial charge in [0.1, 0.15) is 0 Å². The van der Waals surface area contributed by atoms with Gasteiger partial charge in [0.25, 0.3) is 0 Å². The fraction of sp³-hybridized carbons (Fsp3) is 1.00. The second-order valence-electron chi connectivity index (χ2n) is 2.94. The first-order valence-corrected chi connectivity index (χ1v) is 4.10. The second-order valence-corrected chi connectivity index (χ2v) is 2.94. The van der Waals surface area contributed by atoms with E-state index in [2.05, 4.69) is 13.8 Å². The molecule has 62 valence electrons. The molecule has 0 fully saturated rings. The highest BCUT2D eigenvalue weighted by atomic mass is 16.5. The Hall–Kier alpha value is -0.0800. The molecule has 0 unspecified atom stereocenters. The maximum atomic E-state index is 9.42. The van der Waals surface area contributed by atoms with Crippen LogP contribution < -0.4 is 0 Å². The van der Waals surface area contributed by atoms with Crippen molar-refractivity contribution in [1.82, 2.24) is 5.06 Å². The van der Waals surface area contributed by atoms with Crippen LogP contribution in [0.5, 0.6) is 0 Å². The second kappa shape index (κ2) is 4.69. The van der Waals surface area contributed by atoms with Crippen LogP contribution in [0, 0.1) is 0 Å². The molecule has 0 aromatic carbocycles. The molecule has 0 heterocycles. The standard InChI is InChI=1S/C8H19NO/c1-5-8(6-2)9(10)7(3)4/h7-8,10H,5-6H2,1-4H3. The van der Waals surface area contributed by atoms with Crippen molar-refractivity contribution in [2.45, 2.75) is 52.6 Å². The minimum absolute atomic E-state index is 0.241. The number of rotatable bonds is 4. The zero-order chi connectivity index (χ0) is 8.15. The zero-order valence-electron chi connectivity index (χ0n) is 7.46. The highest BCUT2D eigenvalue weighted by molar-refractivity contribution is 4.63. The smallest absolute Gasteiger partial charge is 0.0347 e. The van der Waals surface area contributed by atoms with Gasteiger partial charge in [0.15, 0.2) is 0 Å². The van der Waals surface area contributed by atoms with Gasteiger partial charge in [-0.1, -0.05) is 13.8 Å². The van der Waals surface area contributed by atoms with E-state index in [1.165, 1.54) is 5.06 Å². The predicted molar refractivity (Wildman–Crippen MR) is 43.1 cm³/mol. The molecule has 2 heteroatoms. The van der Waals surface area contributed by atoms with Crippen molar-refractivity contribution in [2.24, 2.45) is 0 Å². The Balaban J connectivity index is 3.76. The van der Waals surface area contributed by atoms with Crippen molar-refractivity contribution >= 4 is 0 Å². The summed E-state index contributed by atoms with van der Waals surface area (Å²) in [7, 11) is 0. The van der Waals surface area contributed by atoms with Crippen molar-refractivity contribution in [2.75, 3.05) is 0 Å². The van der Waals surface area contributed by atoms with Gasteiger partial charge in [0.2, 0.25) is 0 Å². The summed E-state index contributed by atoms with van der Waals surface area (Å²) in [5.74, 6) is 0. The van der Waals surface area contributed by atoms with Gasteiger partial charge in [0, 0.05) is 12.1 Å². The van der Waals surface area contributed by atoms with Crippen LogP contribution in [0.15, 0.2) is 0 Å². The molecule has 0 aromatic rings. The minimum Gasteiger partial charge on any atom is -0.313 e. The van der Waals surface area contributed by atoms with E-state index in [1.807, 2.05) is 13.8 Å². The quantitative estimate of drug-likeness (QED) is 0.613. The van der Waals surface area contributed by atoms with Crippen molar-refractivity contribution < 1.29 is 5.21 Å². The summed E-state index contributed by atoms with van der Waals surface area (Å²) in [6.07, 6.45) is 2.04. The Kier molecular flexibility index (Phi) is 4.65. The van der Waals surface area contributed by atoms with Gasteiger partial charge in [-0.3, -0.25) is 0 Å². The van der Waals surface area contributed by atoms with Gasteiger partial charge < -0.3 is 5.21 Å². The van der Waals surface area contributed by atoms with Crippen LogP contribution in [-0.2, 0) is 0 Å². The maximum absolute atomic E-state index is 9.42. The highest BCUT2D eigenvalue weighted by Crippen LogP contribution is 2.08. The van der Waals surface area contributed by atoms with Crippen LogP contribution in [0.1, 0.15) is 40.5 Å². The Bertz CT molecular complexity index is 79.3. The van der Waals surface area contributed by atoms with E-state index in [9.17, 15) is 5.21 Å². The maximum Gasteiger partial charge on any atom is 0.0347 e. The molecule has 0 aliphatic rings. The first-order chi connectivity index (χ1) is 4.63. The largest absolute Gasteiger partial charge is 0.313 e. The summed E-state index contributed by atoms with van der Waals surface area (Å²) >= 11 is 0. The molecule has 0 amide bonds. The lowest BCUT2D eigenvalue weighted by atomic mass is 10.1. The summed E-state index contributed by atoms with van der Waals surface area (Å²) in [5.41, 5.74) is 0. The van der Waals surface area contributed by atoms with Crippen LogP contribution >= 0.6 is 0 Å². The van der Waals surface area contributed by atoms with Crippen molar-refractivity contribution in [1.29, 1.82) is 0 Å². The lowest BCUT2D eigenvalue weighted by molar-refractivity contribution is -0.152. The molecule has 0 radical (unpaired) electrons. The summed E-state index contributed by atoms with van der Waals surface area (Å²) in [5, 5.41) is 10.9. The summed E-state index contributed by atoms with van der Waals surface area (Å²) < 4.78 is 0. The molecule has 0 aliphatic carbocycles. The Morgan fingerprint density at radius 2 is 1.60 bits per heavy atom. The van der Waals surface area contributed by atoms with Crippen LogP contribution in [0.2, 0.25) is 0 Å².